The van der Waals surface area contributed by atoms with Crippen LogP contribution in [0.3, 0.4) is 0 Å². The molecule has 0 fully saturated rings. The van der Waals surface area contributed by atoms with Crippen molar-refractivity contribution in [3.8, 4) is 0 Å². The number of hydrogen-bond acceptors (Lipinski definition) is 4. The van der Waals surface area contributed by atoms with Crippen LogP contribution in [-0.4, -0.2) is 41.7 Å². The molecule has 110 valence electrons. The highest BCUT2D eigenvalue weighted by Crippen LogP contribution is 2.24. The number of benzene rings is 1. The minimum Gasteiger partial charge on any atom is -0.395 e. The van der Waals surface area contributed by atoms with Crippen LogP contribution in [0.5, 0.6) is 0 Å². The monoisotopic (exact) mass is 294 g/mol. The molecule has 1 aliphatic heterocycles. The number of amides is 1. The van der Waals surface area contributed by atoms with E-state index < -0.39 is 0 Å². The first-order valence-corrected chi connectivity index (χ1v) is 8.18. The van der Waals surface area contributed by atoms with E-state index in [1.807, 2.05) is 31.4 Å². The minimum atomic E-state index is -0.149. The Balaban J connectivity index is 2.07. The summed E-state index contributed by atoms with van der Waals surface area (Å²) in [7, 11) is 0. The third-order valence-corrected chi connectivity index (χ3v) is 4.98. The minimum absolute atomic E-state index is 0.0321. The average Bonchev–Trinajstić information content (AvgIpc) is 2.47. The highest BCUT2D eigenvalue weighted by atomic mass is 32.2. The van der Waals surface area contributed by atoms with Gasteiger partial charge in [-0.1, -0.05) is 24.3 Å². The molecule has 0 aromatic heterocycles. The van der Waals surface area contributed by atoms with E-state index in [2.05, 4.69) is 16.7 Å². The third-order valence-electron chi connectivity index (χ3n) is 3.82. The fourth-order valence-electron chi connectivity index (χ4n) is 2.58. The summed E-state index contributed by atoms with van der Waals surface area (Å²) in [5, 5.41) is 15.6. The Hall–Kier alpha value is -1.04. The smallest absolute Gasteiger partial charge is 0.229 e. The van der Waals surface area contributed by atoms with Crippen molar-refractivity contribution in [2.75, 3.05) is 19.4 Å². The highest BCUT2D eigenvalue weighted by molar-refractivity contribution is 7.99. The van der Waals surface area contributed by atoms with Gasteiger partial charge in [-0.2, -0.15) is 11.8 Å². The molecule has 1 aromatic rings. The van der Waals surface area contributed by atoms with Gasteiger partial charge in [-0.15, -0.1) is 0 Å². The summed E-state index contributed by atoms with van der Waals surface area (Å²) in [5.74, 6) is -0.117. The summed E-state index contributed by atoms with van der Waals surface area (Å²) >= 11 is 1.57. The second-order valence-corrected chi connectivity index (χ2v) is 6.21. The number of aliphatic hydroxyl groups is 1. The van der Waals surface area contributed by atoms with E-state index in [9.17, 15) is 9.90 Å². The molecule has 1 amide bonds. The molecular formula is C15H22N2O2S. The number of thioether (sulfide) groups is 1. The average molecular weight is 294 g/mol. The van der Waals surface area contributed by atoms with Gasteiger partial charge < -0.3 is 15.7 Å². The van der Waals surface area contributed by atoms with Crippen molar-refractivity contribution < 1.29 is 9.90 Å². The van der Waals surface area contributed by atoms with Crippen molar-refractivity contribution in [3.63, 3.8) is 0 Å². The van der Waals surface area contributed by atoms with Gasteiger partial charge in [-0.05, 0) is 24.3 Å². The van der Waals surface area contributed by atoms with Crippen molar-refractivity contribution in [2.45, 2.75) is 30.7 Å². The first-order valence-electron chi connectivity index (χ1n) is 6.90. The maximum atomic E-state index is 12.5. The SMILES string of the molecule is CSC(CO)C(C)NC(=O)C1CNCc2ccccc21. The number of hydrogen-bond donors (Lipinski definition) is 3. The van der Waals surface area contributed by atoms with Crippen LogP contribution in [0.4, 0.5) is 0 Å². The van der Waals surface area contributed by atoms with Crippen molar-refractivity contribution in [2.24, 2.45) is 0 Å². The van der Waals surface area contributed by atoms with Crippen molar-refractivity contribution in [1.82, 2.24) is 10.6 Å². The predicted molar refractivity (Wildman–Crippen MR) is 82.9 cm³/mol. The van der Waals surface area contributed by atoms with Crippen LogP contribution in [-0.2, 0) is 11.3 Å². The van der Waals surface area contributed by atoms with E-state index in [0.717, 1.165) is 12.1 Å². The largest absolute Gasteiger partial charge is 0.395 e. The molecule has 0 bridgehead atoms. The van der Waals surface area contributed by atoms with Gasteiger partial charge in [0.15, 0.2) is 0 Å². The summed E-state index contributed by atoms with van der Waals surface area (Å²) in [4.78, 5) is 12.5. The van der Waals surface area contributed by atoms with Crippen molar-refractivity contribution in [1.29, 1.82) is 0 Å². The number of rotatable bonds is 5. The number of nitrogens with one attached hydrogen (secondary N) is 2. The third kappa shape index (κ3) is 3.34. The molecule has 0 saturated carbocycles. The highest BCUT2D eigenvalue weighted by Gasteiger charge is 2.28. The Kier molecular flexibility index (Phi) is 5.46. The van der Waals surface area contributed by atoms with E-state index >= 15 is 0 Å². The number of fused-ring (bicyclic) bond motifs is 1. The standard InChI is InChI=1S/C15H22N2O2S/c1-10(14(9-18)20-2)17-15(19)13-8-16-7-11-5-3-4-6-12(11)13/h3-6,10,13-14,16,18H,7-9H2,1-2H3,(H,17,19). The van der Waals surface area contributed by atoms with Crippen LogP contribution in [0, 0.1) is 0 Å². The number of carbonyl (C=O) groups is 1. The van der Waals surface area contributed by atoms with Crippen LogP contribution >= 0.6 is 11.8 Å². The quantitative estimate of drug-likeness (QED) is 0.761. The summed E-state index contributed by atoms with van der Waals surface area (Å²) in [6.45, 7) is 3.50. The molecule has 4 nitrogen and oxygen atoms in total. The fraction of sp³-hybridized carbons (Fsp3) is 0.533. The molecule has 5 heteroatoms. The van der Waals surface area contributed by atoms with Gasteiger partial charge in [-0.25, -0.2) is 0 Å². The topological polar surface area (TPSA) is 61.4 Å². The summed E-state index contributed by atoms with van der Waals surface area (Å²) in [6, 6.07) is 8.02. The van der Waals surface area contributed by atoms with Gasteiger partial charge in [0.2, 0.25) is 5.91 Å². The molecule has 1 aromatic carbocycles. The zero-order chi connectivity index (χ0) is 14.5. The molecule has 0 aliphatic carbocycles. The van der Waals surface area contributed by atoms with Gasteiger partial charge in [0.05, 0.1) is 12.5 Å². The molecule has 0 radical (unpaired) electrons. The molecule has 3 N–H and O–H groups in total. The lowest BCUT2D eigenvalue weighted by Crippen LogP contribution is -2.46. The van der Waals surface area contributed by atoms with Gasteiger partial charge in [0.1, 0.15) is 0 Å². The molecule has 3 unspecified atom stereocenters. The predicted octanol–water partition coefficient (Wildman–Crippen LogP) is 1.10. The van der Waals surface area contributed by atoms with Crippen LogP contribution in [0.25, 0.3) is 0 Å². The van der Waals surface area contributed by atoms with E-state index in [0.29, 0.717) is 6.54 Å². The second-order valence-electron chi connectivity index (χ2n) is 5.14. The fourth-order valence-corrected chi connectivity index (χ4v) is 3.21. The lowest BCUT2D eigenvalue weighted by Gasteiger charge is -2.28. The molecule has 0 spiro atoms. The Morgan fingerprint density at radius 1 is 1.55 bits per heavy atom. The Morgan fingerprint density at radius 3 is 3.00 bits per heavy atom. The Bertz CT molecular complexity index is 463. The second kappa shape index (κ2) is 7.11. The summed E-state index contributed by atoms with van der Waals surface area (Å²) in [5.41, 5.74) is 2.30. The lowest BCUT2D eigenvalue weighted by molar-refractivity contribution is -0.123. The maximum absolute atomic E-state index is 12.5. The number of aliphatic hydroxyl groups excluding tert-OH is 1. The molecule has 3 atom stereocenters. The zero-order valence-electron chi connectivity index (χ0n) is 11.9. The summed E-state index contributed by atoms with van der Waals surface area (Å²) < 4.78 is 0. The molecular weight excluding hydrogens is 272 g/mol. The van der Waals surface area contributed by atoms with E-state index in [4.69, 9.17) is 0 Å². The van der Waals surface area contributed by atoms with E-state index in [1.54, 1.807) is 11.8 Å². The van der Waals surface area contributed by atoms with Crippen molar-refractivity contribution in [3.05, 3.63) is 35.4 Å². The molecule has 20 heavy (non-hydrogen) atoms. The first-order chi connectivity index (χ1) is 9.67. The van der Waals surface area contributed by atoms with Crippen LogP contribution in [0.1, 0.15) is 24.0 Å². The molecule has 1 aliphatic rings. The van der Waals surface area contributed by atoms with Gasteiger partial charge in [0, 0.05) is 24.4 Å². The Morgan fingerprint density at radius 2 is 2.30 bits per heavy atom. The normalized spacial score (nSPS) is 20.9. The van der Waals surface area contributed by atoms with Gasteiger partial charge in [0.25, 0.3) is 0 Å². The molecule has 0 saturated heterocycles. The summed E-state index contributed by atoms with van der Waals surface area (Å²) in [6.07, 6.45) is 1.95. The Labute approximate surface area is 124 Å². The molecule has 2 rings (SSSR count). The molecule has 1 heterocycles. The van der Waals surface area contributed by atoms with Crippen LogP contribution in [0.15, 0.2) is 24.3 Å². The van der Waals surface area contributed by atoms with E-state index in [1.165, 1.54) is 5.56 Å². The van der Waals surface area contributed by atoms with Gasteiger partial charge in [-0.3, -0.25) is 4.79 Å². The van der Waals surface area contributed by atoms with Crippen molar-refractivity contribution >= 4 is 17.7 Å². The van der Waals surface area contributed by atoms with Gasteiger partial charge >= 0.3 is 0 Å². The lowest BCUT2D eigenvalue weighted by atomic mass is 9.90. The van der Waals surface area contributed by atoms with Crippen LogP contribution < -0.4 is 10.6 Å². The zero-order valence-corrected chi connectivity index (χ0v) is 12.7. The number of carbonyl (C=O) groups excluding carboxylic acids is 1. The van der Waals surface area contributed by atoms with E-state index in [-0.39, 0.29) is 29.7 Å². The first kappa shape index (κ1) is 15.4. The van der Waals surface area contributed by atoms with Crippen LogP contribution in [0.2, 0.25) is 0 Å². The maximum Gasteiger partial charge on any atom is 0.229 e.